The summed E-state index contributed by atoms with van der Waals surface area (Å²) in [5.41, 5.74) is 3.41. The van der Waals surface area contributed by atoms with Crippen molar-refractivity contribution >= 4 is 16.7 Å². The molecule has 0 radical (unpaired) electrons. The van der Waals surface area contributed by atoms with E-state index in [2.05, 4.69) is 4.98 Å². The zero-order chi connectivity index (χ0) is 19.5. The van der Waals surface area contributed by atoms with Gasteiger partial charge in [0.05, 0.1) is 19.9 Å². The van der Waals surface area contributed by atoms with Crippen LogP contribution in [-0.4, -0.2) is 30.2 Å². The number of benzene rings is 2. The third-order valence-corrected chi connectivity index (χ3v) is 4.57. The summed E-state index contributed by atoms with van der Waals surface area (Å²) in [6, 6.07) is 21.3. The van der Waals surface area contributed by atoms with Gasteiger partial charge >= 0.3 is 5.97 Å². The molecule has 0 aliphatic rings. The van der Waals surface area contributed by atoms with Crippen molar-refractivity contribution in [3.8, 4) is 28.3 Å². The number of carbonyl (C=O) groups excluding carboxylic acids is 1. The van der Waals surface area contributed by atoms with E-state index in [9.17, 15) is 4.79 Å². The van der Waals surface area contributed by atoms with Gasteiger partial charge in [0, 0.05) is 28.8 Å². The number of esters is 1. The molecule has 2 heterocycles. The number of carbonyl (C=O) groups is 1. The highest BCUT2D eigenvalue weighted by Crippen LogP contribution is 2.36. The van der Waals surface area contributed by atoms with Crippen LogP contribution >= 0.6 is 0 Å². The fraction of sp³-hybridized carbons (Fsp3) is 0.0870. The Morgan fingerprint density at radius 2 is 1.54 bits per heavy atom. The van der Waals surface area contributed by atoms with Gasteiger partial charge in [-0.15, -0.1) is 0 Å². The lowest BCUT2D eigenvalue weighted by Gasteiger charge is -2.15. The molecule has 5 nitrogen and oxygen atoms in total. The maximum atomic E-state index is 12.6. The van der Waals surface area contributed by atoms with Crippen LogP contribution in [0.5, 0.6) is 5.88 Å². The van der Waals surface area contributed by atoms with E-state index in [1.54, 1.807) is 19.4 Å². The number of hydrogen-bond acceptors (Lipinski definition) is 5. The lowest BCUT2D eigenvalue weighted by Crippen LogP contribution is -2.08. The van der Waals surface area contributed by atoms with Crippen LogP contribution in [0.2, 0.25) is 0 Å². The molecule has 2 aromatic heterocycles. The molecule has 0 spiro atoms. The van der Waals surface area contributed by atoms with Crippen LogP contribution in [0.15, 0.2) is 72.9 Å². The lowest BCUT2D eigenvalue weighted by atomic mass is 9.94. The zero-order valence-electron chi connectivity index (χ0n) is 15.5. The van der Waals surface area contributed by atoms with Gasteiger partial charge in [0.15, 0.2) is 5.69 Å². The molecule has 0 fully saturated rings. The molecule has 0 saturated carbocycles. The minimum atomic E-state index is -0.479. The molecule has 0 N–H and O–H groups in total. The zero-order valence-corrected chi connectivity index (χ0v) is 15.5. The van der Waals surface area contributed by atoms with Crippen LogP contribution in [0.1, 0.15) is 10.5 Å². The Morgan fingerprint density at radius 3 is 2.18 bits per heavy atom. The van der Waals surface area contributed by atoms with Gasteiger partial charge in [-0.05, 0) is 17.0 Å². The molecule has 0 atom stereocenters. The van der Waals surface area contributed by atoms with Crippen LogP contribution in [0.3, 0.4) is 0 Å². The molecule has 0 aliphatic heterocycles. The highest BCUT2D eigenvalue weighted by molar-refractivity contribution is 6.10. The summed E-state index contributed by atoms with van der Waals surface area (Å²) < 4.78 is 10.2. The van der Waals surface area contributed by atoms with E-state index >= 15 is 0 Å². The normalized spacial score (nSPS) is 10.6. The van der Waals surface area contributed by atoms with Crippen molar-refractivity contribution in [2.24, 2.45) is 0 Å². The molecule has 4 aromatic rings. The van der Waals surface area contributed by atoms with Crippen molar-refractivity contribution in [2.45, 2.75) is 0 Å². The Morgan fingerprint density at radius 1 is 0.821 bits per heavy atom. The molecule has 0 aliphatic carbocycles. The second-order valence-corrected chi connectivity index (χ2v) is 6.18. The standard InChI is InChI=1S/C23H18N2O3/c1-27-19-13-12-16(14-24-19)21-18-11-7-6-10-17(18)20(15-8-4-3-5-9-15)22(25-21)23(26)28-2/h3-14H,1-2H3. The summed E-state index contributed by atoms with van der Waals surface area (Å²) in [6.45, 7) is 0. The number of hydrogen-bond donors (Lipinski definition) is 0. The summed E-state index contributed by atoms with van der Waals surface area (Å²) in [5.74, 6) is 0.0366. The molecule has 138 valence electrons. The molecule has 0 amide bonds. The SMILES string of the molecule is COC(=O)c1nc(-c2ccc(OC)nc2)c2ccccc2c1-c1ccccc1. The first kappa shape index (κ1) is 17.7. The minimum Gasteiger partial charge on any atom is -0.481 e. The molecule has 0 unspecified atom stereocenters. The van der Waals surface area contributed by atoms with E-state index in [0.29, 0.717) is 11.6 Å². The van der Waals surface area contributed by atoms with E-state index in [4.69, 9.17) is 14.5 Å². The Kier molecular flexibility index (Phi) is 4.72. The van der Waals surface area contributed by atoms with Crippen molar-refractivity contribution in [3.63, 3.8) is 0 Å². The van der Waals surface area contributed by atoms with Crippen LogP contribution in [-0.2, 0) is 4.74 Å². The van der Waals surface area contributed by atoms with Gasteiger partial charge in [-0.25, -0.2) is 14.8 Å². The van der Waals surface area contributed by atoms with Gasteiger partial charge in [-0.3, -0.25) is 0 Å². The van der Waals surface area contributed by atoms with Gasteiger partial charge in [0.25, 0.3) is 0 Å². The van der Waals surface area contributed by atoms with Gasteiger partial charge in [-0.2, -0.15) is 0 Å². The summed E-state index contributed by atoms with van der Waals surface area (Å²) in [4.78, 5) is 21.6. The summed E-state index contributed by atoms with van der Waals surface area (Å²) in [5, 5.41) is 1.86. The number of methoxy groups -OCH3 is 2. The Balaban J connectivity index is 2.06. The van der Waals surface area contributed by atoms with Crippen LogP contribution < -0.4 is 4.74 Å². The van der Waals surface area contributed by atoms with Gasteiger partial charge in [-0.1, -0.05) is 54.6 Å². The maximum absolute atomic E-state index is 12.6. The first-order valence-electron chi connectivity index (χ1n) is 8.80. The third-order valence-electron chi connectivity index (χ3n) is 4.57. The first-order valence-corrected chi connectivity index (χ1v) is 8.80. The second kappa shape index (κ2) is 7.48. The van der Waals surface area contributed by atoms with Gasteiger partial charge in [0.2, 0.25) is 5.88 Å². The fourth-order valence-corrected chi connectivity index (χ4v) is 3.27. The molecule has 0 bridgehead atoms. The van der Waals surface area contributed by atoms with Crippen molar-refractivity contribution in [3.05, 3.63) is 78.6 Å². The minimum absolute atomic E-state index is 0.276. The number of pyridine rings is 2. The largest absolute Gasteiger partial charge is 0.481 e. The first-order chi connectivity index (χ1) is 13.7. The molecule has 0 saturated heterocycles. The highest BCUT2D eigenvalue weighted by Gasteiger charge is 2.21. The fourth-order valence-electron chi connectivity index (χ4n) is 3.27. The van der Waals surface area contributed by atoms with Gasteiger partial charge < -0.3 is 9.47 Å². The lowest BCUT2D eigenvalue weighted by molar-refractivity contribution is 0.0595. The summed E-state index contributed by atoms with van der Waals surface area (Å²) >= 11 is 0. The van der Waals surface area contributed by atoms with Crippen molar-refractivity contribution in [2.75, 3.05) is 14.2 Å². The van der Waals surface area contributed by atoms with Crippen LogP contribution in [0.4, 0.5) is 0 Å². The summed E-state index contributed by atoms with van der Waals surface area (Å²) in [7, 11) is 2.93. The highest BCUT2D eigenvalue weighted by atomic mass is 16.5. The number of rotatable bonds is 4. The Bertz CT molecular complexity index is 1140. The average Bonchev–Trinajstić information content (AvgIpc) is 2.78. The molecule has 5 heteroatoms. The average molecular weight is 370 g/mol. The Labute approximate surface area is 162 Å². The third kappa shape index (κ3) is 3.07. The number of fused-ring (bicyclic) bond motifs is 1. The maximum Gasteiger partial charge on any atom is 0.357 e. The molecular formula is C23H18N2O3. The number of aromatic nitrogens is 2. The van der Waals surface area contributed by atoms with E-state index in [1.807, 2.05) is 60.7 Å². The molecule has 2 aromatic carbocycles. The smallest absolute Gasteiger partial charge is 0.357 e. The predicted octanol–water partition coefficient (Wildman–Crippen LogP) is 4.76. The molecule has 28 heavy (non-hydrogen) atoms. The number of nitrogens with zero attached hydrogens (tertiary/aromatic N) is 2. The summed E-state index contributed by atoms with van der Waals surface area (Å²) in [6.07, 6.45) is 1.69. The monoisotopic (exact) mass is 370 g/mol. The van der Waals surface area contributed by atoms with E-state index in [1.165, 1.54) is 7.11 Å². The Hall–Kier alpha value is -3.73. The van der Waals surface area contributed by atoms with Crippen LogP contribution in [0, 0.1) is 0 Å². The van der Waals surface area contributed by atoms with Crippen LogP contribution in [0.25, 0.3) is 33.2 Å². The topological polar surface area (TPSA) is 61.3 Å². The van der Waals surface area contributed by atoms with E-state index in [-0.39, 0.29) is 5.69 Å². The molecule has 4 rings (SSSR count). The van der Waals surface area contributed by atoms with Crippen molar-refractivity contribution in [1.82, 2.24) is 9.97 Å². The van der Waals surface area contributed by atoms with Crippen molar-refractivity contribution < 1.29 is 14.3 Å². The number of ether oxygens (including phenoxy) is 2. The molecular weight excluding hydrogens is 352 g/mol. The van der Waals surface area contributed by atoms with E-state index < -0.39 is 5.97 Å². The van der Waals surface area contributed by atoms with Crippen molar-refractivity contribution in [1.29, 1.82) is 0 Å². The van der Waals surface area contributed by atoms with E-state index in [0.717, 1.165) is 27.5 Å². The quantitative estimate of drug-likeness (QED) is 0.485. The second-order valence-electron chi connectivity index (χ2n) is 6.18. The van der Waals surface area contributed by atoms with Gasteiger partial charge in [0.1, 0.15) is 0 Å². The predicted molar refractivity (Wildman–Crippen MR) is 108 cm³/mol.